The average Bonchev–Trinajstić information content (AvgIpc) is 2.28. The number of benzene rings is 2. The van der Waals surface area contributed by atoms with E-state index in [1.54, 1.807) is 12.1 Å². The smallest absolute Gasteiger partial charge is 0.163 e. The van der Waals surface area contributed by atoms with Gasteiger partial charge in [-0.15, -0.1) is 0 Å². The largest absolute Gasteiger partial charge is 0.508 e. The van der Waals surface area contributed by atoms with Crippen LogP contribution in [-0.2, 0) is 0 Å². The number of hydrogen-bond acceptors (Lipinski definition) is 4. The van der Waals surface area contributed by atoms with Crippen LogP contribution in [-0.4, -0.2) is 21.1 Å². The monoisotopic (exact) mass is 244 g/mol. The van der Waals surface area contributed by atoms with Gasteiger partial charge in [-0.3, -0.25) is 4.79 Å². The van der Waals surface area contributed by atoms with E-state index in [2.05, 4.69) is 6.58 Å². The van der Waals surface area contributed by atoms with Crippen molar-refractivity contribution < 1.29 is 20.1 Å². The van der Waals surface area contributed by atoms with Crippen LogP contribution in [0.25, 0.3) is 16.5 Å². The van der Waals surface area contributed by atoms with Crippen LogP contribution in [0.5, 0.6) is 11.5 Å². The molecule has 0 saturated heterocycles. The lowest BCUT2D eigenvalue weighted by molar-refractivity contribution is 0.101. The summed E-state index contributed by atoms with van der Waals surface area (Å²) in [5, 5.41) is 30.1. The summed E-state index contributed by atoms with van der Waals surface area (Å²) in [6.45, 7) is 4.65. The number of ketones is 1. The van der Waals surface area contributed by atoms with Crippen molar-refractivity contribution in [2.24, 2.45) is 0 Å². The second-order valence-corrected chi connectivity index (χ2v) is 4.02. The summed E-state index contributed by atoms with van der Waals surface area (Å²) < 4.78 is 0. The molecule has 4 nitrogen and oxygen atoms in total. The molecule has 0 unspecified atom stereocenters. The third-order valence-corrected chi connectivity index (χ3v) is 2.82. The van der Waals surface area contributed by atoms with Crippen LogP contribution in [0.15, 0.2) is 30.8 Å². The van der Waals surface area contributed by atoms with Crippen LogP contribution in [0.4, 0.5) is 0 Å². The number of phenols is 2. The topological polar surface area (TPSA) is 77.8 Å². The van der Waals surface area contributed by atoms with Crippen LogP contribution >= 0.6 is 0 Å². The molecule has 0 bridgehead atoms. The number of aliphatic hydroxyl groups is 1. The van der Waals surface area contributed by atoms with Crippen molar-refractivity contribution in [2.75, 3.05) is 0 Å². The van der Waals surface area contributed by atoms with Gasteiger partial charge >= 0.3 is 0 Å². The quantitative estimate of drug-likeness (QED) is 0.560. The maximum absolute atomic E-state index is 11.3. The molecule has 2 aromatic carbocycles. The average molecular weight is 244 g/mol. The highest BCUT2D eigenvalue weighted by Crippen LogP contribution is 2.39. The van der Waals surface area contributed by atoms with Crippen LogP contribution in [0, 0.1) is 0 Å². The van der Waals surface area contributed by atoms with Crippen LogP contribution in [0.3, 0.4) is 0 Å². The fourth-order valence-corrected chi connectivity index (χ4v) is 1.90. The Labute approximate surface area is 103 Å². The summed E-state index contributed by atoms with van der Waals surface area (Å²) in [7, 11) is 0. The molecule has 0 aliphatic heterocycles. The highest BCUT2D eigenvalue weighted by molar-refractivity contribution is 6.06. The zero-order chi connectivity index (χ0) is 13.4. The van der Waals surface area contributed by atoms with Gasteiger partial charge in [0.05, 0.1) is 16.5 Å². The van der Waals surface area contributed by atoms with E-state index in [0.717, 1.165) is 0 Å². The molecule has 0 aromatic heterocycles. The zero-order valence-electron chi connectivity index (χ0n) is 9.77. The Kier molecular flexibility index (Phi) is 2.71. The molecule has 0 saturated carbocycles. The Morgan fingerprint density at radius 2 is 1.56 bits per heavy atom. The SMILES string of the molecule is C=C(O)c1ccc2ccc(C(C)=O)c(O)c2c1O. The third-order valence-electron chi connectivity index (χ3n) is 2.82. The molecule has 0 aliphatic rings. The van der Waals surface area contributed by atoms with E-state index < -0.39 is 0 Å². The maximum atomic E-state index is 11.3. The molecule has 18 heavy (non-hydrogen) atoms. The van der Waals surface area contributed by atoms with Gasteiger partial charge in [-0.05, 0) is 24.4 Å². The summed E-state index contributed by atoms with van der Waals surface area (Å²) in [5.41, 5.74) is 0.247. The summed E-state index contributed by atoms with van der Waals surface area (Å²) >= 11 is 0. The van der Waals surface area contributed by atoms with Gasteiger partial charge in [-0.25, -0.2) is 0 Å². The number of hydrogen-bond donors (Lipinski definition) is 3. The summed E-state index contributed by atoms with van der Waals surface area (Å²) in [6, 6.07) is 6.23. The molecule has 0 spiro atoms. The van der Waals surface area contributed by atoms with Crippen molar-refractivity contribution in [2.45, 2.75) is 6.92 Å². The maximum Gasteiger partial charge on any atom is 0.163 e. The van der Waals surface area contributed by atoms with Gasteiger partial charge in [-0.2, -0.15) is 0 Å². The number of aromatic hydroxyl groups is 2. The second-order valence-electron chi connectivity index (χ2n) is 4.02. The Morgan fingerprint density at radius 3 is 2.06 bits per heavy atom. The van der Waals surface area contributed by atoms with E-state index in [1.165, 1.54) is 19.1 Å². The first kappa shape index (κ1) is 12.0. The number of carbonyl (C=O) groups excluding carboxylic acids is 1. The van der Waals surface area contributed by atoms with Gasteiger partial charge in [0, 0.05) is 0 Å². The minimum absolute atomic E-state index is 0.124. The molecule has 4 heteroatoms. The lowest BCUT2D eigenvalue weighted by Gasteiger charge is -2.10. The Hall–Kier alpha value is -2.49. The van der Waals surface area contributed by atoms with Crippen LogP contribution in [0.2, 0.25) is 0 Å². The summed E-state index contributed by atoms with van der Waals surface area (Å²) in [6.07, 6.45) is 0. The number of phenolic OH excluding ortho intramolecular Hbond substituents is 2. The minimum Gasteiger partial charge on any atom is -0.508 e. The van der Waals surface area contributed by atoms with Gasteiger partial charge in [0.25, 0.3) is 0 Å². The van der Waals surface area contributed by atoms with Crippen LogP contribution in [0.1, 0.15) is 22.8 Å². The number of carbonyl (C=O) groups is 1. The standard InChI is InChI=1S/C14H12O4/c1-7(15)10-5-3-9-4-6-11(8(2)16)14(18)12(9)13(10)17/h3-6,15,17-18H,1H2,2H3. The molecular weight excluding hydrogens is 232 g/mol. The fourth-order valence-electron chi connectivity index (χ4n) is 1.90. The van der Waals surface area contributed by atoms with E-state index in [4.69, 9.17) is 0 Å². The molecular formula is C14H12O4. The first-order valence-corrected chi connectivity index (χ1v) is 5.30. The molecule has 92 valence electrons. The predicted molar refractivity (Wildman–Crippen MR) is 68.9 cm³/mol. The van der Waals surface area contributed by atoms with Crippen molar-refractivity contribution in [3.8, 4) is 11.5 Å². The lowest BCUT2D eigenvalue weighted by atomic mass is 9.99. The van der Waals surface area contributed by atoms with E-state index in [9.17, 15) is 20.1 Å². The molecule has 2 rings (SSSR count). The number of aliphatic hydroxyl groups excluding tert-OH is 1. The highest BCUT2D eigenvalue weighted by Gasteiger charge is 2.16. The fraction of sp³-hybridized carbons (Fsp3) is 0.0714. The Balaban J connectivity index is 2.90. The zero-order valence-corrected chi connectivity index (χ0v) is 9.77. The number of fused-ring (bicyclic) bond motifs is 1. The van der Waals surface area contributed by atoms with Gasteiger partial charge in [-0.1, -0.05) is 18.7 Å². The Morgan fingerprint density at radius 1 is 1.06 bits per heavy atom. The minimum atomic E-state index is -0.304. The predicted octanol–water partition coefficient (Wildman–Crippen LogP) is 2.98. The van der Waals surface area contributed by atoms with Crippen molar-refractivity contribution in [1.82, 2.24) is 0 Å². The van der Waals surface area contributed by atoms with Gasteiger partial charge in [0.2, 0.25) is 0 Å². The normalized spacial score (nSPS) is 10.5. The van der Waals surface area contributed by atoms with Crippen molar-refractivity contribution in [3.05, 3.63) is 42.0 Å². The van der Waals surface area contributed by atoms with Crippen molar-refractivity contribution in [3.63, 3.8) is 0 Å². The molecule has 0 heterocycles. The Bertz CT molecular complexity index is 616. The highest BCUT2D eigenvalue weighted by atomic mass is 16.3. The summed E-state index contributed by atoms with van der Waals surface area (Å²) in [4.78, 5) is 11.3. The summed E-state index contributed by atoms with van der Waals surface area (Å²) in [5.74, 6) is -1.19. The number of Topliss-reactive ketones (excluding diaryl/α,β-unsaturated/α-hetero) is 1. The molecule has 0 radical (unpaired) electrons. The van der Waals surface area contributed by atoms with Gasteiger partial charge < -0.3 is 15.3 Å². The van der Waals surface area contributed by atoms with Gasteiger partial charge in [0.15, 0.2) is 5.78 Å². The molecule has 0 atom stereocenters. The number of rotatable bonds is 2. The van der Waals surface area contributed by atoms with E-state index in [-0.39, 0.29) is 39.6 Å². The van der Waals surface area contributed by atoms with E-state index in [0.29, 0.717) is 5.39 Å². The van der Waals surface area contributed by atoms with Crippen molar-refractivity contribution >= 4 is 22.3 Å². The van der Waals surface area contributed by atoms with Crippen LogP contribution < -0.4 is 0 Å². The molecule has 3 N–H and O–H groups in total. The lowest BCUT2D eigenvalue weighted by Crippen LogP contribution is -1.94. The van der Waals surface area contributed by atoms with E-state index in [1.807, 2.05) is 0 Å². The first-order valence-electron chi connectivity index (χ1n) is 5.30. The second kappa shape index (κ2) is 4.07. The first-order chi connectivity index (χ1) is 8.43. The molecule has 0 fully saturated rings. The van der Waals surface area contributed by atoms with Crippen molar-refractivity contribution in [1.29, 1.82) is 0 Å². The van der Waals surface area contributed by atoms with Gasteiger partial charge in [0.1, 0.15) is 17.3 Å². The molecule has 2 aromatic rings. The third kappa shape index (κ3) is 1.68. The van der Waals surface area contributed by atoms with E-state index >= 15 is 0 Å². The molecule has 0 amide bonds. The molecule has 0 aliphatic carbocycles.